The molecule has 9 heteroatoms. The Morgan fingerprint density at radius 1 is 0.923 bits per heavy atom. The lowest BCUT2D eigenvalue weighted by atomic mass is 10.0. The number of anilines is 1. The summed E-state index contributed by atoms with van der Waals surface area (Å²) in [5, 5.41) is 11.5. The van der Waals surface area contributed by atoms with Crippen LogP contribution < -0.4 is 5.32 Å². The second-order valence-electron chi connectivity index (χ2n) is 9.94. The van der Waals surface area contributed by atoms with Gasteiger partial charge in [-0.1, -0.05) is 25.0 Å². The normalized spacial score (nSPS) is 13.9. The molecule has 1 aliphatic carbocycles. The fourth-order valence-electron chi connectivity index (χ4n) is 5.39. The maximum absolute atomic E-state index is 13.9. The average molecular weight is 518 g/mol. The SMILES string of the molecule is O=C(Nc1cncc(-c2ccc3[nH]nc(-c4cc5c(-c6cccc(F)c6)cncc5[nH]4)c3n2)c1)C1CCCC1. The lowest BCUT2D eigenvalue weighted by molar-refractivity contribution is -0.119. The largest absolute Gasteiger partial charge is 0.352 e. The van der Waals surface area contributed by atoms with Gasteiger partial charge in [0.25, 0.3) is 0 Å². The number of fused-ring (bicyclic) bond motifs is 2. The molecule has 0 atom stereocenters. The van der Waals surface area contributed by atoms with E-state index in [9.17, 15) is 9.18 Å². The average Bonchev–Trinajstić information content (AvgIpc) is 3.72. The van der Waals surface area contributed by atoms with Crippen molar-refractivity contribution in [1.29, 1.82) is 0 Å². The Hall–Kier alpha value is -4.92. The molecule has 7 rings (SSSR count). The lowest BCUT2D eigenvalue weighted by Gasteiger charge is -2.11. The Morgan fingerprint density at radius 2 is 1.79 bits per heavy atom. The quantitative estimate of drug-likeness (QED) is 0.242. The number of rotatable bonds is 5. The zero-order valence-corrected chi connectivity index (χ0v) is 20.9. The van der Waals surface area contributed by atoms with E-state index in [-0.39, 0.29) is 17.6 Å². The van der Waals surface area contributed by atoms with Gasteiger partial charge in [0.2, 0.25) is 5.91 Å². The minimum atomic E-state index is -0.299. The van der Waals surface area contributed by atoms with Crippen LogP contribution in [0.4, 0.5) is 10.1 Å². The highest BCUT2D eigenvalue weighted by atomic mass is 19.1. The van der Waals surface area contributed by atoms with Crippen LogP contribution in [-0.2, 0) is 4.79 Å². The van der Waals surface area contributed by atoms with Gasteiger partial charge in [-0.15, -0.1) is 0 Å². The molecule has 0 saturated heterocycles. The number of aromatic nitrogens is 6. The topological polar surface area (TPSA) is 112 Å². The lowest BCUT2D eigenvalue weighted by Crippen LogP contribution is -2.20. The highest BCUT2D eigenvalue weighted by Crippen LogP contribution is 2.34. The van der Waals surface area contributed by atoms with Gasteiger partial charge in [0.15, 0.2) is 0 Å². The summed E-state index contributed by atoms with van der Waals surface area (Å²) in [4.78, 5) is 29.6. The summed E-state index contributed by atoms with van der Waals surface area (Å²) >= 11 is 0. The first-order valence-corrected chi connectivity index (χ1v) is 13.0. The van der Waals surface area contributed by atoms with Crippen molar-refractivity contribution in [2.24, 2.45) is 5.92 Å². The van der Waals surface area contributed by atoms with Crippen molar-refractivity contribution in [3.8, 4) is 33.8 Å². The summed E-state index contributed by atoms with van der Waals surface area (Å²) in [6, 6.07) is 14.2. The van der Waals surface area contributed by atoms with Gasteiger partial charge in [-0.2, -0.15) is 5.10 Å². The molecule has 1 saturated carbocycles. The van der Waals surface area contributed by atoms with Gasteiger partial charge in [0.1, 0.15) is 17.0 Å². The summed E-state index contributed by atoms with van der Waals surface area (Å²) in [6.45, 7) is 0. The van der Waals surface area contributed by atoms with Crippen LogP contribution in [0.5, 0.6) is 0 Å². The third-order valence-corrected chi connectivity index (χ3v) is 7.37. The first kappa shape index (κ1) is 23.2. The molecule has 5 heterocycles. The summed E-state index contributed by atoms with van der Waals surface area (Å²) in [5.74, 6) is -0.172. The molecule has 6 aromatic rings. The number of aromatic amines is 2. The molecule has 1 amide bonds. The first-order chi connectivity index (χ1) is 19.1. The minimum Gasteiger partial charge on any atom is -0.352 e. The molecule has 1 fully saturated rings. The van der Waals surface area contributed by atoms with Crippen LogP contribution in [0, 0.1) is 11.7 Å². The molecule has 0 bridgehead atoms. The Labute approximate surface area is 222 Å². The fourth-order valence-corrected chi connectivity index (χ4v) is 5.39. The van der Waals surface area contributed by atoms with Crippen LogP contribution in [0.3, 0.4) is 0 Å². The summed E-state index contributed by atoms with van der Waals surface area (Å²) in [6.07, 6.45) is 11.0. The van der Waals surface area contributed by atoms with Gasteiger partial charge >= 0.3 is 0 Å². The summed E-state index contributed by atoms with van der Waals surface area (Å²) in [5.41, 5.74) is 7.46. The van der Waals surface area contributed by atoms with Gasteiger partial charge < -0.3 is 10.3 Å². The number of nitrogens with zero attached hydrogens (tertiary/aromatic N) is 4. The Kier molecular flexibility index (Phi) is 5.61. The molecule has 8 nitrogen and oxygen atoms in total. The number of H-pyrrole nitrogens is 2. The molecule has 39 heavy (non-hydrogen) atoms. The van der Waals surface area contributed by atoms with Crippen LogP contribution >= 0.6 is 0 Å². The summed E-state index contributed by atoms with van der Waals surface area (Å²) < 4.78 is 13.9. The van der Waals surface area contributed by atoms with Crippen LogP contribution in [0.2, 0.25) is 0 Å². The molecular weight excluding hydrogens is 493 g/mol. The number of hydrogen-bond donors (Lipinski definition) is 3. The highest BCUT2D eigenvalue weighted by molar-refractivity contribution is 6.00. The standard InChI is InChI=1S/C30H24FN7O/c31-20-7-3-6-18(10-20)23-15-33-16-27-22(23)12-26(35-27)29-28-25(37-38-29)9-8-24(36-28)19-11-21(14-32-13-19)34-30(39)17-4-1-2-5-17/h3,6-17,35H,1-2,4-5H2,(H,34,39)(H,37,38). The second-order valence-corrected chi connectivity index (χ2v) is 9.94. The van der Waals surface area contributed by atoms with E-state index in [4.69, 9.17) is 4.98 Å². The van der Waals surface area contributed by atoms with Gasteiger partial charge in [-0.25, -0.2) is 9.37 Å². The zero-order valence-electron chi connectivity index (χ0n) is 20.9. The van der Waals surface area contributed by atoms with Crippen molar-refractivity contribution < 1.29 is 9.18 Å². The number of halogens is 1. The second kappa shape index (κ2) is 9.43. The number of pyridine rings is 3. The van der Waals surface area contributed by atoms with E-state index in [2.05, 4.69) is 30.5 Å². The van der Waals surface area contributed by atoms with Gasteiger partial charge in [0, 0.05) is 34.8 Å². The smallest absolute Gasteiger partial charge is 0.227 e. The van der Waals surface area contributed by atoms with Crippen LogP contribution in [0.15, 0.2) is 73.3 Å². The predicted molar refractivity (Wildman–Crippen MR) is 148 cm³/mol. The Balaban J connectivity index is 1.25. The van der Waals surface area contributed by atoms with Crippen molar-refractivity contribution in [3.05, 3.63) is 79.1 Å². The van der Waals surface area contributed by atoms with Crippen molar-refractivity contribution in [2.45, 2.75) is 25.7 Å². The number of amides is 1. The highest BCUT2D eigenvalue weighted by Gasteiger charge is 2.23. The molecular formula is C30H24FN7O. The Morgan fingerprint density at radius 3 is 2.67 bits per heavy atom. The van der Waals surface area contributed by atoms with E-state index in [0.717, 1.165) is 64.5 Å². The number of benzene rings is 1. The molecule has 0 spiro atoms. The first-order valence-electron chi connectivity index (χ1n) is 13.0. The number of carbonyl (C=O) groups excluding carboxylic acids is 1. The minimum absolute atomic E-state index is 0.0536. The molecule has 0 aliphatic heterocycles. The van der Waals surface area contributed by atoms with Crippen molar-refractivity contribution in [1.82, 2.24) is 30.1 Å². The van der Waals surface area contributed by atoms with Gasteiger partial charge in [-0.05, 0) is 54.8 Å². The fraction of sp³-hybridized carbons (Fsp3) is 0.167. The number of carbonyl (C=O) groups is 1. The molecule has 1 aliphatic rings. The number of nitrogens with one attached hydrogen (secondary N) is 3. The molecule has 5 aromatic heterocycles. The maximum Gasteiger partial charge on any atom is 0.227 e. The van der Waals surface area contributed by atoms with Crippen molar-refractivity contribution >= 4 is 33.5 Å². The van der Waals surface area contributed by atoms with Gasteiger partial charge in [0.05, 0.1) is 40.5 Å². The van der Waals surface area contributed by atoms with Crippen LogP contribution in [0.25, 0.3) is 55.7 Å². The molecule has 192 valence electrons. The monoisotopic (exact) mass is 517 g/mol. The van der Waals surface area contributed by atoms with Crippen molar-refractivity contribution in [2.75, 3.05) is 5.32 Å². The number of hydrogen-bond acceptors (Lipinski definition) is 5. The van der Waals surface area contributed by atoms with E-state index < -0.39 is 0 Å². The van der Waals surface area contributed by atoms with E-state index in [1.54, 1.807) is 30.9 Å². The summed E-state index contributed by atoms with van der Waals surface area (Å²) in [7, 11) is 0. The van der Waals surface area contributed by atoms with Crippen LogP contribution in [0.1, 0.15) is 25.7 Å². The van der Waals surface area contributed by atoms with Gasteiger partial charge in [-0.3, -0.25) is 19.9 Å². The molecule has 1 aromatic carbocycles. The zero-order chi connectivity index (χ0) is 26.3. The van der Waals surface area contributed by atoms with E-state index in [0.29, 0.717) is 22.6 Å². The molecule has 3 N–H and O–H groups in total. The van der Waals surface area contributed by atoms with Crippen molar-refractivity contribution in [3.63, 3.8) is 0 Å². The van der Waals surface area contributed by atoms with E-state index >= 15 is 0 Å². The predicted octanol–water partition coefficient (Wildman–Crippen LogP) is 6.50. The molecule has 0 radical (unpaired) electrons. The van der Waals surface area contributed by atoms with Crippen LogP contribution in [-0.4, -0.2) is 36.0 Å². The molecule has 0 unspecified atom stereocenters. The maximum atomic E-state index is 13.9. The third kappa shape index (κ3) is 4.31. The third-order valence-electron chi connectivity index (χ3n) is 7.37. The van der Waals surface area contributed by atoms with E-state index in [1.807, 2.05) is 30.3 Å². The van der Waals surface area contributed by atoms with E-state index in [1.165, 1.54) is 12.1 Å². The Bertz CT molecular complexity index is 1850.